The third kappa shape index (κ3) is 3.10. The fraction of sp³-hybridized carbons (Fsp3) is 0.462. The van der Waals surface area contributed by atoms with E-state index in [2.05, 4.69) is 6.07 Å². The highest BCUT2D eigenvalue weighted by Crippen LogP contribution is 2.27. The lowest BCUT2D eigenvalue weighted by Crippen LogP contribution is -2.25. The zero-order valence-electron chi connectivity index (χ0n) is 10.7. The SMILES string of the molecule is CCC(C#N)CN(C)c1cc(F)c(OC)cc1F. The highest BCUT2D eigenvalue weighted by molar-refractivity contribution is 5.51. The van der Waals surface area contributed by atoms with Crippen LogP contribution in [0.5, 0.6) is 5.75 Å². The summed E-state index contributed by atoms with van der Waals surface area (Å²) in [5, 5.41) is 8.86. The van der Waals surface area contributed by atoms with E-state index < -0.39 is 11.6 Å². The molecule has 5 heteroatoms. The molecule has 0 saturated heterocycles. The standard InChI is InChI=1S/C13H16F2N2O/c1-4-9(7-16)8-17(2)12-5-11(15)13(18-3)6-10(12)14/h5-6,9H,4,8H2,1-3H3. The molecule has 0 aliphatic heterocycles. The summed E-state index contributed by atoms with van der Waals surface area (Å²) in [7, 11) is 2.91. The first-order valence-corrected chi connectivity index (χ1v) is 5.67. The number of nitriles is 1. The topological polar surface area (TPSA) is 36.3 Å². The van der Waals surface area contributed by atoms with Crippen LogP contribution in [0, 0.1) is 28.9 Å². The lowest BCUT2D eigenvalue weighted by Gasteiger charge is -2.22. The van der Waals surface area contributed by atoms with E-state index in [-0.39, 0.29) is 17.4 Å². The van der Waals surface area contributed by atoms with E-state index in [1.807, 2.05) is 6.92 Å². The summed E-state index contributed by atoms with van der Waals surface area (Å²) in [4.78, 5) is 1.54. The molecule has 0 bridgehead atoms. The van der Waals surface area contributed by atoms with Crippen molar-refractivity contribution < 1.29 is 13.5 Å². The highest BCUT2D eigenvalue weighted by atomic mass is 19.1. The van der Waals surface area contributed by atoms with Gasteiger partial charge in [0.2, 0.25) is 0 Å². The normalized spacial score (nSPS) is 11.8. The molecule has 98 valence electrons. The Bertz CT molecular complexity index is 457. The number of rotatable bonds is 5. The molecule has 0 aliphatic rings. The molecule has 1 aromatic rings. The van der Waals surface area contributed by atoms with Crippen LogP contribution in [0.1, 0.15) is 13.3 Å². The molecule has 0 aromatic heterocycles. The van der Waals surface area contributed by atoms with Gasteiger partial charge in [0, 0.05) is 25.7 Å². The highest BCUT2D eigenvalue weighted by Gasteiger charge is 2.16. The monoisotopic (exact) mass is 254 g/mol. The molecular weight excluding hydrogens is 238 g/mol. The molecule has 0 spiro atoms. The van der Waals surface area contributed by atoms with Gasteiger partial charge in [0.05, 0.1) is 24.8 Å². The molecule has 0 aliphatic carbocycles. The Hall–Kier alpha value is -1.83. The Balaban J connectivity index is 2.96. The predicted molar refractivity (Wildman–Crippen MR) is 65.6 cm³/mol. The molecular formula is C13H16F2N2O. The van der Waals surface area contributed by atoms with E-state index in [4.69, 9.17) is 10.00 Å². The number of ether oxygens (including phenoxy) is 1. The number of nitrogens with zero attached hydrogens (tertiary/aromatic N) is 2. The first-order valence-electron chi connectivity index (χ1n) is 5.67. The van der Waals surface area contributed by atoms with Crippen molar-refractivity contribution in [3.8, 4) is 11.8 Å². The fourth-order valence-electron chi connectivity index (χ4n) is 1.66. The third-order valence-electron chi connectivity index (χ3n) is 2.80. The van der Waals surface area contributed by atoms with Crippen LogP contribution in [0.15, 0.2) is 12.1 Å². The summed E-state index contributed by atoms with van der Waals surface area (Å²) < 4.78 is 32.0. The van der Waals surface area contributed by atoms with Crippen LogP contribution in [0.2, 0.25) is 0 Å². The minimum Gasteiger partial charge on any atom is -0.494 e. The zero-order chi connectivity index (χ0) is 13.7. The second-order valence-electron chi connectivity index (χ2n) is 4.05. The minimum atomic E-state index is -0.620. The van der Waals surface area contributed by atoms with Gasteiger partial charge in [-0.1, -0.05) is 6.92 Å². The Morgan fingerprint density at radius 2 is 2.06 bits per heavy atom. The first-order chi connectivity index (χ1) is 8.53. The summed E-state index contributed by atoms with van der Waals surface area (Å²) in [6.45, 7) is 2.24. The first kappa shape index (κ1) is 14.2. The summed E-state index contributed by atoms with van der Waals surface area (Å²) in [5.74, 6) is -1.52. The van der Waals surface area contributed by atoms with Crippen molar-refractivity contribution in [3.63, 3.8) is 0 Å². The van der Waals surface area contributed by atoms with Crippen LogP contribution in [0.4, 0.5) is 14.5 Å². The van der Waals surface area contributed by atoms with Crippen molar-refractivity contribution >= 4 is 5.69 Å². The summed E-state index contributed by atoms with van der Waals surface area (Å²) in [6, 6.07) is 4.22. The quantitative estimate of drug-likeness (QED) is 0.810. The number of halogens is 2. The molecule has 0 fully saturated rings. The van der Waals surface area contributed by atoms with Crippen LogP contribution < -0.4 is 9.64 Å². The molecule has 0 saturated carbocycles. The number of hydrogen-bond acceptors (Lipinski definition) is 3. The summed E-state index contributed by atoms with van der Waals surface area (Å²) >= 11 is 0. The molecule has 1 unspecified atom stereocenters. The van der Waals surface area contributed by atoms with Gasteiger partial charge in [-0.3, -0.25) is 0 Å². The van der Waals surface area contributed by atoms with Crippen LogP contribution in [-0.4, -0.2) is 20.7 Å². The van der Waals surface area contributed by atoms with E-state index in [1.54, 1.807) is 7.05 Å². The van der Waals surface area contributed by atoms with Crippen molar-refractivity contribution in [2.24, 2.45) is 5.92 Å². The van der Waals surface area contributed by atoms with Gasteiger partial charge in [-0.2, -0.15) is 5.26 Å². The van der Waals surface area contributed by atoms with Crippen LogP contribution in [0.25, 0.3) is 0 Å². The van der Waals surface area contributed by atoms with E-state index >= 15 is 0 Å². The van der Waals surface area contributed by atoms with Crippen LogP contribution in [-0.2, 0) is 0 Å². The third-order valence-corrected chi connectivity index (χ3v) is 2.80. The summed E-state index contributed by atoms with van der Waals surface area (Å²) in [6.07, 6.45) is 0.668. The van der Waals surface area contributed by atoms with Gasteiger partial charge in [0.1, 0.15) is 5.82 Å². The predicted octanol–water partition coefficient (Wildman–Crippen LogP) is 2.96. The van der Waals surface area contributed by atoms with E-state index in [0.717, 1.165) is 12.1 Å². The second kappa shape index (κ2) is 6.20. The molecule has 3 nitrogen and oxygen atoms in total. The lowest BCUT2D eigenvalue weighted by atomic mass is 10.1. The van der Waals surface area contributed by atoms with Gasteiger partial charge in [-0.25, -0.2) is 8.78 Å². The summed E-state index contributed by atoms with van der Waals surface area (Å²) in [5.41, 5.74) is 0.127. The van der Waals surface area contributed by atoms with Gasteiger partial charge < -0.3 is 9.64 Å². The maximum Gasteiger partial charge on any atom is 0.167 e. The van der Waals surface area contributed by atoms with Gasteiger partial charge in [0.25, 0.3) is 0 Å². The Kier molecular flexibility index (Phi) is 4.90. The molecule has 0 amide bonds. The largest absolute Gasteiger partial charge is 0.494 e. The number of methoxy groups -OCH3 is 1. The van der Waals surface area contributed by atoms with Gasteiger partial charge >= 0.3 is 0 Å². The molecule has 1 atom stereocenters. The van der Waals surface area contributed by atoms with Gasteiger partial charge in [0.15, 0.2) is 11.6 Å². The van der Waals surface area contributed by atoms with Crippen LogP contribution >= 0.6 is 0 Å². The molecule has 0 N–H and O–H groups in total. The minimum absolute atomic E-state index is 0.127. The average Bonchev–Trinajstić information content (AvgIpc) is 2.37. The Morgan fingerprint density at radius 1 is 1.39 bits per heavy atom. The molecule has 0 radical (unpaired) electrons. The van der Waals surface area contributed by atoms with E-state index in [1.165, 1.54) is 12.0 Å². The Labute approximate surface area is 106 Å². The number of benzene rings is 1. The fourth-order valence-corrected chi connectivity index (χ4v) is 1.66. The zero-order valence-corrected chi connectivity index (χ0v) is 10.7. The van der Waals surface area contributed by atoms with Crippen molar-refractivity contribution in [3.05, 3.63) is 23.8 Å². The molecule has 0 heterocycles. The van der Waals surface area contributed by atoms with Gasteiger partial charge in [-0.05, 0) is 6.42 Å². The van der Waals surface area contributed by atoms with Gasteiger partial charge in [-0.15, -0.1) is 0 Å². The molecule has 1 aromatic carbocycles. The van der Waals surface area contributed by atoms with E-state index in [9.17, 15) is 8.78 Å². The Morgan fingerprint density at radius 3 is 2.56 bits per heavy atom. The molecule has 18 heavy (non-hydrogen) atoms. The number of anilines is 1. The van der Waals surface area contributed by atoms with Crippen molar-refractivity contribution in [2.75, 3.05) is 25.6 Å². The maximum absolute atomic E-state index is 13.8. The van der Waals surface area contributed by atoms with Crippen LogP contribution in [0.3, 0.4) is 0 Å². The maximum atomic E-state index is 13.8. The number of hydrogen-bond donors (Lipinski definition) is 0. The van der Waals surface area contributed by atoms with Crippen molar-refractivity contribution in [2.45, 2.75) is 13.3 Å². The van der Waals surface area contributed by atoms with E-state index in [0.29, 0.717) is 13.0 Å². The smallest absolute Gasteiger partial charge is 0.167 e. The van der Waals surface area contributed by atoms with Crippen molar-refractivity contribution in [1.82, 2.24) is 0 Å². The average molecular weight is 254 g/mol. The van der Waals surface area contributed by atoms with Crippen molar-refractivity contribution in [1.29, 1.82) is 5.26 Å². The second-order valence-corrected chi connectivity index (χ2v) is 4.05. The molecule has 1 rings (SSSR count). The lowest BCUT2D eigenvalue weighted by molar-refractivity contribution is 0.382.